The van der Waals surface area contributed by atoms with Crippen LogP contribution >= 0.6 is 0 Å². The molecule has 0 atom stereocenters. The minimum Gasteiger partial charge on any atom is -0.494 e. The Balaban J connectivity index is 1.85. The van der Waals surface area contributed by atoms with E-state index in [0.717, 1.165) is 18.8 Å². The predicted molar refractivity (Wildman–Crippen MR) is 78.8 cm³/mol. The average Bonchev–Trinajstić information content (AvgIpc) is 2.50. The van der Waals surface area contributed by atoms with E-state index < -0.39 is 11.6 Å². The number of rotatable bonds is 6. The molecule has 0 heterocycles. The molecule has 0 amide bonds. The van der Waals surface area contributed by atoms with E-state index in [1.165, 1.54) is 44.9 Å². The fraction of sp³-hybridized carbons (Fsp3) is 0.647. The van der Waals surface area contributed by atoms with Crippen molar-refractivity contribution in [2.24, 2.45) is 11.8 Å². The largest absolute Gasteiger partial charge is 0.494 e. The molecule has 0 aliphatic heterocycles. The molecule has 21 heavy (non-hydrogen) atoms. The second kappa shape index (κ2) is 7.62. The maximum absolute atomic E-state index is 13.8. The van der Waals surface area contributed by atoms with Crippen LogP contribution in [0.15, 0.2) is 12.1 Å². The van der Waals surface area contributed by atoms with Crippen molar-refractivity contribution in [2.45, 2.75) is 45.4 Å². The van der Waals surface area contributed by atoms with Crippen molar-refractivity contribution in [1.29, 1.82) is 0 Å². The van der Waals surface area contributed by atoms with Gasteiger partial charge in [-0.1, -0.05) is 32.6 Å². The van der Waals surface area contributed by atoms with E-state index in [9.17, 15) is 8.78 Å². The van der Waals surface area contributed by atoms with E-state index in [1.807, 2.05) is 0 Å². The summed E-state index contributed by atoms with van der Waals surface area (Å²) in [6.07, 6.45) is 7.21. The standard InChI is InChI=1S/C17H24F2O2/c1-3-4-12-5-7-13(8-6-12)11-21-15-10-9-14(20-2)16(18)17(15)19/h9-10,12-13H,3-8,11H2,1-2H3/t12-,13-. The van der Waals surface area contributed by atoms with Crippen molar-refractivity contribution >= 4 is 0 Å². The lowest BCUT2D eigenvalue weighted by molar-refractivity contribution is 0.173. The van der Waals surface area contributed by atoms with Crippen LogP contribution in [0.5, 0.6) is 11.5 Å². The Bertz CT molecular complexity index is 454. The Morgan fingerprint density at radius 2 is 1.57 bits per heavy atom. The van der Waals surface area contributed by atoms with Crippen LogP contribution in [0.2, 0.25) is 0 Å². The SMILES string of the molecule is CCC[C@H]1CC[C@H](COc2ccc(OC)c(F)c2F)CC1. The molecule has 0 saturated heterocycles. The Morgan fingerprint density at radius 1 is 1.00 bits per heavy atom. The molecule has 0 spiro atoms. The molecule has 0 N–H and O–H groups in total. The van der Waals surface area contributed by atoms with Crippen LogP contribution in [0.1, 0.15) is 45.4 Å². The van der Waals surface area contributed by atoms with Crippen LogP contribution in [-0.4, -0.2) is 13.7 Å². The van der Waals surface area contributed by atoms with E-state index in [4.69, 9.17) is 9.47 Å². The first-order valence-corrected chi connectivity index (χ1v) is 7.80. The van der Waals surface area contributed by atoms with Gasteiger partial charge in [0.15, 0.2) is 11.5 Å². The molecule has 2 nitrogen and oxygen atoms in total. The number of hydrogen-bond donors (Lipinski definition) is 0. The molecule has 0 bridgehead atoms. The molecule has 4 heteroatoms. The summed E-state index contributed by atoms with van der Waals surface area (Å²) in [5.74, 6) is -0.788. The number of hydrogen-bond acceptors (Lipinski definition) is 2. The van der Waals surface area contributed by atoms with E-state index in [-0.39, 0.29) is 11.5 Å². The lowest BCUT2D eigenvalue weighted by atomic mass is 9.80. The van der Waals surface area contributed by atoms with Gasteiger partial charge >= 0.3 is 0 Å². The first-order chi connectivity index (χ1) is 10.2. The summed E-state index contributed by atoms with van der Waals surface area (Å²) in [5, 5.41) is 0. The molecule has 2 rings (SSSR count). The van der Waals surface area contributed by atoms with Gasteiger partial charge in [-0.25, -0.2) is 0 Å². The van der Waals surface area contributed by atoms with Gasteiger partial charge in [-0.05, 0) is 36.8 Å². The van der Waals surface area contributed by atoms with Gasteiger partial charge in [-0.2, -0.15) is 8.78 Å². The van der Waals surface area contributed by atoms with Crippen molar-refractivity contribution in [3.8, 4) is 11.5 Å². The van der Waals surface area contributed by atoms with Crippen molar-refractivity contribution in [3.63, 3.8) is 0 Å². The van der Waals surface area contributed by atoms with Gasteiger partial charge in [0.2, 0.25) is 11.6 Å². The second-order valence-electron chi connectivity index (χ2n) is 5.88. The zero-order chi connectivity index (χ0) is 15.2. The summed E-state index contributed by atoms with van der Waals surface area (Å²) in [7, 11) is 1.31. The molecular formula is C17H24F2O2. The molecule has 118 valence electrons. The molecule has 1 fully saturated rings. The summed E-state index contributed by atoms with van der Waals surface area (Å²) in [6, 6.07) is 2.83. The lowest BCUT2D eigenvalue weighted by Crippen LogP contribution is -2.20. The third-order valence-electron chi connectivity index (χ3n) is 4.37. The second-order valence-corrected chi connectivity index (χ2v) is 5.88. The average molecular weight is 298 g/mol. The Labute approximate surface area is 125 Å². The van der Waals surface area contributed by atoms with Gasteiger partial charge in [-0.15, -0.1) is 0 Å². The van der Waals surface area contributed by atoms with E-state index in [1.54, 1.807) is 0 Å². The number of methoxy groups -OCH3 is 1. The third kappa shape index (κ3) is 4.08. The summed E-state index contributed by atoms with van der Waals surface area (Å²) in [5.41, 5.74) is 0. The van der Waals surface area contributed by atoms with Crippen LogP contribution in [0.3, 0.4) is 0 Å². The molecule has 0 unspecified atom stereocenters. The fourth-order valence-electron chi connectivity index (χ4n) is 3.09. The van der Waals surface area contributed by atoms with Gasteiger partial charge in [-0.3, -0.25) is 0 Å². The zero-order valence-electron chi connectivity index (χ0n) is 12.8. The molecule has 0 aromatic heterocycles. The highest BCUT2D eigenvalue weighted by atomic mass is 19.2. The minimum absolute atomic E-state index is 0.0241. The number of benzene rings is 1. The summed E-state index contributed by atoms with van der Waals surface area (Å²) < 4.78 is 37.6. The summed E-state index contributed by atoms with van der Waals surface area (Å²) in [4.78, 5) is 0. The van der Waals surface area contributed by atoms with Gasteiger partial charge in [0.1, 0.15) is 0 Å². The topological polar surface area (TPSA) is 18.5 Å². The first kappa shape index (κ1) is 16.1. The van der Waals surface area contributed by atoms with Gasteiger partial charge in [0.25, 0.3) is 0 Å². The highest BCUT2D eigenvalue weighted by Gasteiger charge is 2.22. The summed E-state index contributed by atoms with van der Waals surface area (Å²) in [6.45, 7) is 2.68. The zero-order valence-corrected chi connectivity index (χ0v) is 12.8. The highest BCUT2D eigenvalue weighted by molar-refractivity contribution is 5.34. The molecule has 1 aromatic rings. The van der Waals surface area contributed by atoms with Gasteiger partial charge < -0.3 is 9.47 Å². The van der Waals surface area contributed by atoms with Crippen LogP contribution in [-0.2, 0) is 0 Å². The van der Waals surface area contributed by atoms with Crippen LogP contribution < -0.4 is 9.47 Å². The Hall–Kier alpha value is -1.32. The van der Waals surface area contributed by atoms with Crippen molar-refractivity contribution in [3.05, 3.63) is 23.8 Å². The number of ether oxygens (including phenoxy) is 2. The predicted octanol–water partition coefficient (Wildman–Crippen LogP) is 4.96. The van der Waals surface area contributed by atoms with Gasteiger partial charge in [0.05, 0.1) is 13.7 Å². The van der Waals surface area contributed by atoms with Gasteiger partial charge in [0, 0.05) is 0 Å². The monoisotopic (exact) mass is 298 g/mol. The fourth-order valence-corrected chi connectivity index (χ4v) is 3.09. The smallest absolute Gasteiger partial charge is 0.204 e. The minimum atomic E-state index is -0.985. The van der Waals surface area contributed by atoms with Crippen LogP contribution in [0.4, 0.5) is 8.78 Å². The lowest BCUT2D eigenvalue weighted by Gasteiger charge is -2.28. The van der Waals surface area contributed by atoms with Crippen molar-refractivity contribution in [1.82, 2.24) is 0 Å². The quantitative estimate of drug-likeness (QED) is 0.739. The first-order valence-electron chi connectivity index (χ1n) is 7.80. The number of halogens is 2. The third-order valence-corrected chi connectivity index (χ3v) is 4.37. The van der Waals surface area contributed by atoms with E-state index in [2.05, 4.69) is 6.92 Å². The Kier molecular flexibility index (Phi) is 5.83. The van der Waals surface area contributed by atoms with Crippen LogP contribution in [0.25, 0.3) is 0 Å². The van der Waals surface area contributed by atoms with E-state index >= 15 is 0 Å². The molecule has 1 aliphatic carbocycles. The maximum Gasteiger partial charge on any atom is 0.204 e. The van der Waals surface area contributed by atoms with Crippen molar-refractivity contribution in [2.75, 3.05) is 13.7 Å². The molecule has 1 saturated carbocycles. The highest BCUT2D eigenvalue weighted by Crippen LogP contribution is 2.33. The summed E-state index contributed by atoms with van der Waals surface area (Å²) >= 11 is 0. The molecule has 1 aliphatic rings. The van der Waals surface area contributed by atoms with Crippen LogP contribution in [0, 0.1) is 23.5 Å². The molecule has 0 radical (unpaired) electrons. The molecular weight excluding hydrogens is 274 g/mol. The molecule has 1 aromatic carbocycles. The normalized spacial score (nSPS) is 22.1. The maximum atomic E-state index is 13.8. The van der Waals surface area contributed by atoms with Crippen molar-refractivity contribution < 1.29 is 18.3 Å². The Morgan fingerprint density at radius 3 is 2.19 bits per heavy atom. The van der Waals surface area contributed by atoms with E-state index in [0.29, 0.717) is 12.5 Å².